The van der Waals surface area contributed by atoms with Crippen molar-refractivity contribution in [3.05, 3.63) is 27.6 Å². The molecule has 0 spiro atoms. The Kier molecular flexibility index (Phi) is 2.95. The standard InChI is InChI=1S/C11H13N3O3S2/c1-8-9(19(16,17)13-4-2-3-5-13)10(15)14-6-7-18-11(14)12-8/h6-7H,2-5H2,1H3. The molecule has 0 aromatic carbocycles. The average molecular weight is 299 g/mol. The molecule has 0 amide bonds. The minimum absolute atomic E-state index is 0.190. The lowest BCUT2D eigenvalue weighted by Crippen LogP contribution is -2.34. The van der Waals surface area contributed by atoms with E-state index in [4.69, 9.17) is 0 Å². The van der Waals surface area contributed by atoms with Gasteiger partial charge < -0.3 is 0 Å². The Morgan fingerprint density at radius 1 is 1.32 bits per heavy atom. The Morgan fingerprint density at radius 2 is 2.00 bits per heavy atom. The molecule has 2 aromatic heterocycles. The summed E-state index contributed by atoms with van der Waals surface area (Å²) in [4.78, 5) is 16.9. The first-order valence-corrected chi connectivity index (χ1v) is 8.30. The van der Waals surface area contributed by atoms with Crippen LogP contribution in [0.1, 0.15) is 18.5 Å². The maximum Gasteiger partial charge on any atom is 0.279 e. The number of nitrogens with zero attached hydrogens (tertiary/aromatic N) is 3. The molecule has 3 heterocycles. The molecule has 0 aliphatic carbocycles. The predicted octanol–water partition coefficient (Wildman–Crippen LogP) is 0.849. The van der Waals surface area contributed by atoms with Gasteiger partial charge >= 0.3 is 0 Å². The van der Waals surface area contributed by atoms with Crippen LogP contribution in [0.4, 0.5) is 0 Å². The van der Waals surface area contributed by atoms with Crippen LogP contribution in [0.15, 0.2) is 21.3 Å². The summed E-state index contributed by atoms with van der Waals surface area (Å²) in [5.41, 5.74) is -0.227. The SMILES string of the molecule is Cc1nc2sccn2c(=O)c1S(=O)(=O)N1CCCC1. The summed E-state index contributed by atoms with van der Waals surface area (Å²) in [6.45, 7) is 2.53. The third-order valence-electron chi connectivity index (χ3n) is 3.26. The Labute approximate surface area is 114 Å². The van der Waals surface area contributed by atoms with E-state index >= 15 is 0 Å². The second-order valence-corrected chi connectivity index (χ2v) is 7.25. The van der Waals surface area contributed by atoms with Crippen LogP contribution in [-0.2, 0) is 10.0 Å². The lowest BCUT2D eigenvalue weighted by molar-refractivity contribution is 0.475. The average Bonchev–Trinajstić information content (AvgIpc) is 2.98. The van der Waals surface area contributed by atoms with Gasteiger partial charge in [-0.25, -0.2) is 13.4 Å². The quantitative estimate of drug-likeness (QED) is 0.824. The summed E-state index contributed by atoms with van der Waals surface area (Å²) in [6.07, 6.45) is 3.24. The van der Waals surface area contributed by atoms with Crippen LogP contribution in [0, 0.1) is 6.92 Å². The van der Waals surface area contributed by atoms with Crippen LogP contribution in [0.2, 0.25) is 0 Å². The van der Waals surface area contributed by atoms with Crippen LogP contribution in [-0.4, -0.2) is 35.2 Å². The smallest absolute Gasteiger partial charge is 0.267 e. The van der Waals surface area contributed by atoms with Crippen molar-refractivity contribution >= 4 is 26.3 Å². The number of rotatable bonds is 2. The Morgan fingerprint density at radius 3 is 2.68 bits per heavy atom. The maximum absolute atomic E-state index is 12.5. The molecule has 8 heteroatoms. The largest absolute Gasteiger partial charge is 0.279 e. The molecular weight excluding hydrogens is 286 g/mol. The summed E-state index contributed by atoms with van der Waals surface area (Å²) in [6, 6.07) is 0. The minimum atomic E-state index is -3.73. The molecule has 0 bridgehead atoms. The van der Waals surface area contributed by atoms with Crippen molar-refractivity contribution in [2.24, 2.45) is 0 Å². The number of hydrogen-bond acceptors (Lipinski definition) is 5. The fourth-order valence-corrected chi connectivity index (χ4v) is 4.81. The number of aromatic nitrogens is 2. The molecule has 0 N–H and O–H groups in total. The normalized spacial score (nSPS) is 17.3. The van der Waals surface area contributed by atoms with Crippen molar-refractivity contribution in [1.82, 2.24) is 13.7 Å². The lowest BCUT2D eigenvalue weighted by Gasteiger charge is -2.15. The van der Waals surface area contributed by atoms with Gasteiger partial charge in [0.25, 0.3) is 5.56 Å². The zero-order valence-electron chi connectivity index (χ0n) is 10.4. The molecule has 3 rings (SSSR count). The first kappa shape index (κ1) is 12.8. The Balaban J connectivity index is 2.27. The highest BCUT2D eigenvalue weighted by Crippen LogP contribution is 2.21. The zero-order chi connectivity index (χ0) is 13.6. The van der Waals surface area contributed by atoms with E-state index < -0.39 is 15.6 Å². The summed E-state index contributed by atoms with van der Waals surface area (Å²) < 4.78 is 27.7. The fraction of sp³-hybridized carbons (Fsp3) is 0.455. The Hall–Kier alpha value is -1.25. The van der Waals surface area contributed by atoms with E-state index in [9.17, 15) is 13.2 Å². The van der Waals surface area contributed by atoms with Gasteiger partial charge in [-0.05, 0) is 19.8 Å². The highest BCUT2D eigenvalue weighted by molar-refractivity contribution is 7.89. The number of aryl methyl sites for hydroxylation is 1. The number of hydrogen-bond donors (Lipinski definition) is 0. The first-order chi connectivity index (χ1) is 9.01. The topological polar surface area (TPSA) is 71.8 Å². The molecule has 0 radical (unpaired) electrons. The van der Waals surface area contributed by atoms with E-state index in [0.717, 1.165) is 12.8 Å². The fourth-order valence-electron chi connectivity index (χ4n) is 2.32. The van der Waals surface area contributed by atoms with Gasteiger partial charge in [-0.15, -0.1) is 11.3 Å². The molecule has 0 unspecified atom stereocenters. The summed E-state index contributed by atoms with van der Waals surface area (Å²) in [5.74, 6) is 0. The molecule has 2 aromatic rings. The molecule has 0 saturated carbocycles. The van der Waals surface area contributed by atoms with Crippen molar-refractivity contribution < 1.29 is 8.42 Å². The number of thiazole rings is 1. The van der Waals surface area contributed by atoms with Gasteiger partial charge in [-0.1, -0.05) is 0 Å². The highest BCUT2D eigenvalue weighted by atomic mass is 32.2. The van der Waals surface area contributed by atoms with Crippen molar-refractivity contribution in [1.29, 1.82) is 0 Å². The monoisotopic (exact) mass is 299 g/mol. The van der Waals surface area contributed by atoms with E-state index in [-0.39, 0.29) is 10.6 Å². The van der Waals surface area contributed by atoms with Gasteiger partial charge in [-0.3, -0.25) is 9.20 Å². The summed E-state index contributed by atoms with van der Waals surface area (Å²) in [5, 5.41) is 1.72. The second kappa shape index (κ2) is 4.39. The van der Waals surface area contributed by atoms with Crippen LogP contribution in [0.25, 0.3) is 4.96 Å². The van der Waals surface area contributed by atoms with Crippen molar-refractivity contribution in [3.63, 3.8) is 0 Å². The number of sulfonamides is 1. The molecule has 1 saturated heterocycles. The van der Waals surface area contributed by atoms with Crippen molar-refractivity contribution in [2.75, 3.05) is 13.1 Å². The van der Waals surface area contributed by atoms with Gasteiger partial charge in [0, 0.05) is 24.7 Å². The van der Waals surface area contributed by atoms with Crippen LogP contribution < -0.4 is 5.56 Å². The van der Waals surface area contributed by atoms with Gasteiger partial charge in [0.1, 0.15) is 0 Å². The molecule has 102 valence electrons. The van der Waals surface area contributed by atoms with Gasteiger partial charge in [0.05, 0.1) is 5.69 Å². The molecule has 19 heavy (non-hydrogen) atoms. The molecule has 6 nitrogen and oxygen atoms in total. The van der Waals surface area contributed by atoms with Crippen LogP contribution in [0.3, 0.4) is 0 Å². The summed E-state index contributed by atoms with van der Waals surface area (Å²) in [7, 11) is -3.73. The van der Waals surface area contributed by atoms with Crippen LogP contribution >= 0.6 is 11.3 Å². The highest BCUT2D eigenvalue weighted by Gasteiger charge is 2.32. The van der Waals surface area contributed by atoms with E-state index in [1.165, 1.54) is 20.0 Å². The minimum Gasteiger partial charge on any atom is -0.267 e. The maximum atomic E-state index is 12.5. The molecule has 0 atom stereocenters. The third kappa shape index (κ3) is 1.90. The van der Waals surface area contributed by atoms with Gasteiger partial charge in [0.2, 0.25) is 10.0 Å². The van der Waals surface area contributed by atoms with Crippen molar-refractivity contribution in [3.8, 4) is 0 Å². The van der Waals surface area contributed by atoms with E-state index in [1.54, 1.807) is 18.5 Å². The lowest BCUT2D eigenvalue weighted by atomic mass is 10.4. The molecule has 1 aliphatic rings. The van der Waals surface area contributed by atoms with Gasteiger partial charge in [0.15, 0.2) is 9.86 Å². The van der Waals surface area contributed by atoms with E-state index in [0.29, 0.717) is 18.1 Å². The zero-order valence-corrected chi connectivity index (χ0v) is 12.0. The molecule has 1 fully saturated rings. The third-order valence-corrected chi connectivity index (χ3v) is 6.04. The van der Waals surface area contributed by atoms with Crippen molar-refractivity contribution in [2.45, 2.75) is 24.7 Å². The first-order valence-electron chi connectivity index (χ1n) is 5.98. The Bertz CT molecular complexity index is 785. The molecular formula is C11H13N3O3S2. The molecule has 1 aliphatic heterocycles. The van der Waals surface area contributed by atoms with Gasteiger partial charge in [-0.2, -0.15) is 4.31 Å². The predicted molar refractivity (Wildman–Crippen MR) is 72.1 cm³/mol. The van der Waals surface area contributed by atoms with E-state index in [2.05, 4.69) is 4.98 Å². The van der Waals surface area contributed by atoms with E-state index in [1.807, 2.05) is 0 Å². The second-order valence-electron chi connectivity index (χ2n) is 4.50. The number of fused-ring (bicyclic) bond motifs is 1. The van der Waals surface area contributed by atoms with Crippen LogP contribution in [0.5, 0.6) is 0 Å². The summed E-state index contributed by atoms with van der Waals surface area (Å²) >= 11 is 1.31.